The Morgan fingerprint density at radius 1 is 1.14 bits per heavy atom. The van der Waals surface area contributed by atoms with Crippen molar-refractivity contribution >= 4 is 5.69 Å². The number of hydrogen-bond acceptors (Lipinski definition) is 3. The maximum atomic E-state index is 8.62. The summed E-state index contributed by atoms with van der Waals surface area (Å²) in [5, 5.41) is 12.0. The van der Waals surface area contributed by atoms with Crippen LogP contribution in [-0.2, 0) is 6.54 Å². The van der Waals surface area contributed by atoms with E-state index in [0.29, 0.717) is 12.5 Å². The summed E-state index contributed by atoms with van der Waals surface area (Å²) in [6, 6.07) is 18.2. The predicted molar refractivity (Wildman–Crippen MR) is 85.4 cm³/mol. The number of ether oxygens (including phenoxy) is 1. The van der Waals surface area contributed by atoms with Gasteiger partial charge in [0.2, 0.25) is 0 Å². The van der Waals surface area contributed by atoms with Gasteiger partial charge in [0, 0.05) is 17.8 Å². The summed E-state index contributed by atoms with van der Waals surface area (Å²) in [6.07, 6.45) is 0. The summed E-state index contributed by atoms with van der Waals surface area (Å²) >= 11 is 0. The smallest absolute Gasteiger partial charge is 0.174 e. The van der Waals surface area contributed by atoms with Gasteiger partial charge < -0.3 is 10.1 Å². The van der Waals surface area contributed by atoms with Crippen molar-refractivity contribution in [1.82, 2.24) is 0 Å². The first-order valence-electron chi connectivity index (χ1n) is 7.12. The Hall–Kier alpha value is -2.47. The third-order valence-corrected chi connectivity index (χ3v) is 3.30. The molecule has 0 saturated heterocycles. The van der Waals surface area contributed by atoms with E-state index in [1.54, 1.807) is 0 Å². The Labute approximate surface area is 126 Å². The average Bonchev–Trinajstić information content (AvgIpc) is 2.52. The number of anilines is 1. The molecule has 3 nitrogen and oxygen atoms in total. The molecular formula is C18H20N2O. The van der Waals surface area contributed by atoms with Gasteiger partial charge in [-0.25, -0.2) is 0 Å². The normalized spacial score (nSPS) is 10.2. The molecule has 108 valence electrons. The highest BCUT2D eigenvalue weighted by atomic mass is 16.5. The molecule has 0 aliphatic carbocycles. The molecule has 0 radical (unpaired) electrons. The molecule has 0 atom stereocenters. The topological polar surface area (TPSA) is 45.0 Å². The molecule has 2 aromatic rings. The van der Waals surface area contributed by atoms with Crippen LogP contribution in [0.5, 0.6) is 5.75 Å². The van der Waals surface area contributed by atoms with Crippen LogP contribution in [0, 0.1) is 11.3 Å². The van der Waals surface area contributed by atoms with Gasteiger partial charge >= 0.3 is 0 Å². The first-order chi connectivity index (χ1) is 10.2. The molecule has 0 bridgehead atoms. The summed E-state index contributed by atoms with van der Waals surface area (Å²) in [7, 11) is 0. The minimum atomic E-state index is 0.0693. The Morgan fingerprint density at radius 2 is 1.95 bits per heavy atom. The maximum absolute atomic E-state index is 8.62. The minimum Gasteiger partial charge on any atom is -0.478 e. The van der Waals surface area contributed by atoms with Crippen molar-refractivity contribution in [1.29, 1.82) is 5.26 Å². The van der Waals surface area contributed by atoms with Crippen LogP contribution in [0.15, 0.2) is 48.5 Å². The van der Waals surface area contributed by atoms with E-state index < -0.39 is 0 Å². The largest absolute Gasteiger partial charge is 0.478 e. The van der Waals surface area contributed by atoms with Gasteiger partial charge in [-0.05, 0) is 29.7 Å². The van der Waals surface area contributed by atoms with Crippen molar-refractivity contribution in [3.63, 3.8) is 0 Å². The molecule has 0 fully saturated rings. The monoisotopic (exact) mass is 280 g/mol. The second-order valence-corrected chi connectivity index (χ2v) is 5.19. The van der Waals surface area contributed by atoms with Gasteiger partial charge in [0.25, 0.3) is 0 Å². The molecular weight excluding hydrogens is 260 g/mol. The van der Waals surface area contributed by atoms with Crippen molar-refractivity contribution in [2.75, 3.05) is 11.9 Å². The third kappa shape index (κ3) is 4.25. The van der Waals surface area contributed by atoms with Crippen molar-refractivity contribution in [3.05, 3.63) is 59.7 Å². The zero-order valence-electron chi connectivity index (χ0n) is 12.5. The molecule has 0 saturated carbocycles. The standard InChI is InChI=1S/C18H20N2O/c1-14(2)15-7-5-8-17(12-15)20-13-16-6-3-4-9-18(16)21-11-10-19/h3-9,12,14,20H,11,13H2,1-2H3. The number of hydrogen-bond donors (Lipinski definition) is 1. The summed E-state index contributed by atoms with van der Waals surface area (Å²) in [5.41, 5.74) is 3.45. The van der Waals surface area contributed by atoms with Crippen molar-refractivity contribution in [3.8, 4) is 11.8 Å². The summed E-state index contributed by atoms with van der Waals surface area (Å²) < 4.78 is 5.44. The van der Waals surface area contributed by atoms with Gasteiger partial charge in [0.15, 0.2) is 6.61 Å². The molecule has 2 aromatic carbocycles. The van der Waals surface area contributed by atoms with Crippen LogP contribution < -0.4 is 10.1 Å². The van der Waals surface area contributed by atoms with Crippen LogP contribution >= 0.6 is 0 Å². The quantitative estimate of drug-likeness (QED) is 0.856. The Morgan fingerprint density at radius 3 is 2.71 bits per heavy atom. The van der Waals surface area contributed by atoms with Crippen molar-refractivity contribution in [2.24, 2.45) is 0 Å². The van der Waals surface area contributed by atoms with Gasteiger partial charge in [-0.1, -0.05) is 44.2 Å². The molecule has 0 aliphatic rings. The predicted octanol–water partition coefficient (Wildman–Crippen LogP) is 4.32. The van der Waals surface area contributed by atoms with Gasteiger partial charge in [-0.3, -0.25) is 0 Å². The summed E-state index contributed by atoms with van der Waals surface area (Å²) in [5.74, 6) is 1.27. The van der Waals surface area contributed by atoms with E-state index in [-0.39, 0.29) is 6.61 Å². The van der Waals surface area contributed by atoms with E-state index >= 15 is 0 Å². The zero-order chi connectivity index (χ0) is 15.1. The number of benzene rings is 2. The minimum absolute atomic E-state index is 0.0693. The lowest BCUT2D eigenvalue weighted by Gasteiger charge is -2.13. The van der Waals surface area contributed by atoms with Crippen molar-refractivity contribution in [2.45, 2.75) is 26.3 Å². The summed E-state index contributed by atoms with van der Waals surface area (Å²) in [4.78, 5) is 0. The first kappa shape index (κ1) is 14.9. The highest BCUT2D eigenvalue weighted by molar-refractivity contribution is 5.48. The third-order valence-electron chi connectivity index (χ3n) is 3.30. The number of para-hydroxylation sites is 1. The Balaban J connectivity index is 2.06. The number of nitriles is 1. The lowest BCUT2D eigenvalue weighted by atomic mass is 10.0. The molecule has 0 spiro atoms. The molecule has 0 aliphatic heterocycles. The zero-order valence-corrected chi connectivity index (χ0v) is 12.5. The number of rotatable bonds is 6. The van der Waals surface area contributed by atoms with E-state index in [0.717, 1.165) is 17.0 Å². The Bertz CT molecular complexity index is 629. The fourth-order valence-electron chi connectivity index (χ4n) is 2.11. The van der Waals surface area contributed by atoms with Gasteiger partial charge in [0.1, 0.15) is 11.8 Å². The lowest BCUT2D eigenvalue weighted by Crippen LogP contribution is -2.04. The highest BCUT2D eigenvalue weighted by Crippen LogP contribution is 2.22. The van der Waals surface area contributed by atoms with Gasteiger partial charge in [-0.2, -0.15) is 5.26 Å². The second kappa shape index (κ2) is 7.35. The van der Waals surface area contributed by atoms with Crippen LogP contribution in [0.4, 0.5) is 5.69 Å². The van der Waals surface area contributed by atoms with E-state index in [4.69, 9.17) is 10.00 Å². The van der Waals surface area contributed by atoms with Crippen LogP contribution in [0.3, 0.4) is 0 Å². The molecule has 0 heterocycles. The van der Waals surface area contributed by atoms with Crippen LogP contribution in [-0.4, -0.2) is 6.61 Å². The number of nitrogens with one attached hydrogen (secondary N) is 1. The fraction of sp³-hybridized carbons (Fsp3) is 0.278. The van der Waals surface area contributed by atoms with Gasteiger partial charge in [-0.15, -0.1) is 0 Å². The molecule has 0 aromatic heterocycles. The highest BCUT2D eigenvalue weighted by Gasteiger charge is 2.04. The van der Waals surface area contributed by atoms with Crippen LogP contribution in [0.25, 0.3) is 0 Å². The molecule has 0 unspecified atom stereocenters. The summed E-state index contributed by atoms with van der Waals surface area (Å²) in [6.45, 7) is 5.11. The SMILES string of the molecule is CC(C)c1cccc(NCc2ccccc2OCC#N)c1. The number of nitrogens with zero attached hydrogens (tertiary/aromatic N) is 1. The lowest BCUT2D eigenvalue weighted by molar-refractivity contribution is 0.364. The molecule has 2 rings (SSSR count). The van der Waals surface area contributed by atoms with Gasteiger partial charge in [0.05, 0.1) is 0 Å². The van der Waals surface area contributed by atoms with E-state index in [1.807, 2.05) is 30.3 Å². The van der Waals surface area contributed by atoms with E-state index in [9.17, 15) is 0 Å². The van der Waals surface area contributed by atoms with Crippen LogP contribution in [0.2, 0.25) is 0 Å². The molecule has 21 heavy (non-hydrogen) atoms. The van der Waals surface area contributed by atoms with E-state index in [2.05, 4.69) is 43.4 Å². The van der Waals surface area contributed by atoms with Crippen molar-refractivity contribution < 1.29 is 4.74 Å². The average molecular weight is 280 g/mol. The first-order valence-corrected chi connectivity index (χ1v) is 7.12. The second-order valence-electron chi connectivity index (χ2n) is 5.19. The molecule has 0 amide bonds. The molecule has 3 heteroatoms. The molecule has 1 N–H and O–H groups in total. The van der Waals surface area contributed by atoms with Crippen LogP contribution in [0.1, 0.15) is 30.9 Å². The Kier molecular flexibility index (Phi) is 5.22. The fourth-order valence-corrected chi connectivity index (χ4v) is 2.11. The maximum Gasteiger partial charge on any atom is 0.174 e. The van der Waals surface area contributed by atoms with E-state index in [1.165, 1.54) is 5.56 Å².